The number of hydrogen-bond donors (Lipinski definition) is 2. The maximum atomic E-state index is 11.4. The van der Waals surface area contributed by atoms with Crippen LogP contribution in [0.4, 0.5) is 4.79 Å². The van der Waals surface area contributed by atoms with Gasteiger partial charge in [0.15, 0.2) is 0 Å². The average molecular weight is 520 g/mol. The number of aryl methyl sites for hydroxylation is 2. The zero-order chi connectivity index (χ0) is 25.2. The van der Waals surface area contributed by atoms with Gasteiger partial charge in [0.05, 0.1) is 12.1 Å². The summed E-state index contributed by atoms with van der Waals surface area (Å²) in [6.07, 6.45) is -0.203. The van der Waals surface area contributed by atoms with Gasteiger partial charge < -0.3 is 19.6 Å². The van der Waals surface area contributed by atoms with E-state index in [2.05, 4.69) is 4.98 Å². The van der Waals surface area contributed by atoms with Crippen molar-refractivity contribution in [1.29, 1.82) is 0 Å². The Balaban J connectivity index is 1.46. The van der Waals surface area contributed by atoms with E-state index < -0.39 is 6.16 Å². The summed E-state index contributed by atoms with van der Waals surface area (Å²) in [6, 6.07) is 23.4. The third-order valence-corrected chi connectivity index (χ3v) is 6.64. The van der Waals surface area contributed by atoms with E-state index in [0.29, 0.717) is 29.5 Å². The normalized spacial score (nSPS) is 11.2. The number of aromatic amines is 1. The molecule has 0 fully saturated rings. The molecule has 182 valence electrons. The molecule has 0 bridgehead atoms. The minimum atomic E-state index is -1.38. The van der Waals surface area contributed by atoms with Gasteiger partial charge in [-0.3, -0.25) is 0 Å². The number of carbonyl (C=O) groups is 1. The SMILES string of the molecule is Cc1cc(Cl)ccc1-c1cc(Cl)cc2c(CCCOc3cccc4ccccc34)c(OC(=O)O)[nH]c12. The van der Waals surface area contributed by atoms with Gasteiger partial charge in [0, 0.05) is 31.9 Å². The van der Waals surface area contributed by atoms with Crippen LogP contribution in [0, 0.1) is 6.92 Å². The van der Waals surface area contributed by atoms with Crippen LogP contribution < -0.4 is 9.47 Å². The Labute approximate surface area is 218 Å². The van der Waals surface area contributed by atoms with Crippen LogP contribution in [0.15, 0.2) is 72.8 Å². The predicted molar refractivity (Wildman–Crippen MR) is 145 cm³/mol. The molecule has 1 aromatic heterocycles. The Morgan fingerprint density at radius 1 is 0.917 bits per heavy atom. The van der Waals surface area contributed by atoms with Crippen molar-refractivity contribution >= 4 is 51.0 Å². The van der Waals surface area contributed by atoms with E-state index in [1.165, 1.54) is 0 Å². The number of carboxylic acid groups (broad SMARTS) is 1. The number of H-pyrrole nitrogens is 1. The Morgan fingerprint density at radius 3 is 2.53 bits per heavy atom. The van der Waals surface area contributed by atoms with Gasteiger partial charge in [0.2, 0.25) is 5.88 Å². The molecule has 0 unspecified atom stereocenters. The molecule has 7 heteroatoms. The lowest BCUT2D eigenvalue weighted by atomic mass is 9.97. The van der Waals surface area contributed by atoms with Gasteiger partial charge in [0.25, 0.3) is 0 Å². The van der Waals surface area contributed by atoms with Crippen molar-refractivity contribution in [2.75, 3.05) is 6.61 Å². The Bertz CT molecular complexity index is 1590. The molecule has 0 aliphatic rings. The second-order valence-corrected chi connectivity index (χ2v) is 9.44. The quantitative estimate of drug-likeness (QED) is 0.166. The van der Waals surface area contributed by atoms with Crippen LogP contribution in [0.2, 0.25) is 10.0 Å². The topological polar surface area (TPSA) is 71.6 Å². The average Bonchev–Trinajstić information content (AvgIpc) is 3.17. The van der Waals surface area contributed by atoms with Crippen LogP contribution in [0.5, 0.6) is 11.6 Å². The molecule has 0 aliphatic carbocycles. The van der Waals surface area contributed by atoms with Crippen molar-refractivity contribution < 1.29 is 19.4 Å². The lowest BCUT2D eigenvalue weighted by molar-refractivity contribution is 0.142. The minimum absolute atomic E-state index is 0.192. The number of hydrogen-bond acceptors (Lipinski definition) is 3. The first-order chi connectivity index (χ1) is 17.4. The summed E-state index contributed by atoms with van der Waals surface area (Å²) in [7, 11) is 0. The fraction of sp³-hybridized carbons (Fsp3) is 0.138. The standard InChI is InChI=1S/C29H23Cl2NO4/c1-17-14-19(30)11-12-21(17)24-15-20(31)16-25-23(28(32-27(24)25)36-29(33)34)9-5-13-35-26-10-4-7-18-6-2-3-8-22(18)26/h2-4,6-8,10-12,14-16,32H,5,9,13H2,1H3,(H,33,34). The summed E-state index contributed by atoms with van der Waals surface area (Å²) in [5.74, 6) is 1.01. The van der Waals surface area contributed by atoms with Crippen LogP contribution in [-0.4, -0.2) is 22.9 Å². The third kappa shape index (κ3) is 4.85. The molecule has 2 N–H and O–H groups in total. The van der Waals surface area contributed by atoms with E-state index in [0.717, 1.165) is 49.7 Å². The van der Waals surface area contributed by atoms with Crippen molar-refractivity contribution in [2.24, 2.45) is 0 Å². The van der Waals surface area contributed by atoms with E-state index in [4.69, 9.17) is 32.7 Å². The smallest absolute Gasteiger partial charge is 0.493 e. The van der Waals surface area contributed by atoms with Gasteiger partial charge in [-0.15, -0.1) is 0 Å². The highest BCUT2D eigenvalue weighted by atomic mass is 35.5. The molecule has 5 rings (SSSR count). The van der Waals surface area contributed by atoms with E-state index in [1.807, 2.05) is 79.7 Å². The molecule has 0 atom stereocenters. The van der Waals surface area contributed by atoms with Gasteiger partial charge in [-0.05, 0) is 66.6 Å². The highest BCUT2D eigenvalue weighted by Crippen LogP contribution is 2.39. The number of ether oxygens (including phenoxy) is 2. The summed E-state index contributed by atoms with van der Waals surface area (Å²) in [5, 5.41) is 13.5. The molecule has 5 aromatic rings. The molecule has 1 heterocycles. The fourth-order valence-corrected chi connectivity index (χ4v) is 5.05. The highest BCUT2D eigenvalue weighted by molar-refractivity contribution is 6.32. The van der Waals surface area contributed by atoms with Crippen molar-refractivity contribution in [3.8, 4) is 22.8 Å². The molecule has 0 radical (unpaired) electrons. The second-order valence-electron chi connectivity index (χ2n) is 8.57. The first-order valence-corrected chi connectivity index (χ1v) is 12.3. The number of aromatic nitrogens is 1. The summed E-state index contributed by atoms with van der Waals surface area (Å²) < 4.78 is 11.2. The van der Waals surface area contributed by atoms with Crippen LogP contribution in [-0.2, 0) is 6.42 Å². The van der Waals surface area contributed by atoms with Crippen LogP contribution in [0.3, 0.4) is 0 Å². The van der Waals surface area contributed by atoms with Gasteiger partial charge in [-0.1, -0.05) is 65.7 Å². The molecular weight excluding hydrogens is 497 g/mol. The molecule has 4 aromatic carbocycles. The maximum Gasteiger partial charge on any atom is 0.512 e. The molecular formula is C29H23Cl2NO4. The van der Waals surface area contributed by atoms with Gasteiger partial charge >= 0.3 is 6.16 Å². The van der Waals surface area contributed by atoms with Gasteiger partial charge in [-0.2, -0.15) is 0 Å². The van der Waals surface area contributed by atoms with E-state index in [9.17, 15) is 9.90 Å². The van der Waals surface area contributed by atoms with Crippen molar-refractivity contribution in [3.05, 3.63) is 94.0 Å². The van der Waals surface area contributed by atoms with E-state index in [1.54, 1.807) is 0 Å². The Hall–Kier alpha value is -3.67. The largest absolute Gasteiger partial charge is 0.512 e. The number of fused-ring (bicyclic) bond motifs is 2. The van der Waals surface area contributed by atoms with Crippen molar-refractivity contribution in [3.63, 3.8) is 0 Å². The molecule has 0 saturated heterocycles. The fourth-order valence-electron chi connectivity index (χ4n) is 4.61. The Kier molecular flexibility index (Phi) is 6.77. The third-order valence-electron chi connectivity index (χ3n) is 6.19. The lowest BCUT2D eigenvalue weighted by Gasteiger charge is -2.10. The minimum Gasteiger partial charge on any atom is -0.493 e. The van der Waals surface area contributed by atoms with Gasteiger partial charge in [0.1, 0.15) is 5.75 Å². The highest BCUT2D eigenvalue weighted by Gasteiger charge is 2.20. The van der Waals surface area contributed by atoms with Crippen LogP contribution >= 0.6 is 23.2 Å². The van der Waals surface area contributed by atoms with E-state index >= 15 is 0 Å². The first-order valence-electron chi connectivity index (χ1n) is 11.5. The molecule has 0 aliphatic heterocycles. The van der Waals surface area contributed by atoms with Crippen LogP contribution in [0.25, 0.3) is 32.8 Å². The second kappa shape index (κ2) is 10.1. The summed E-state index contributed by atoms with van der Waals surface area (Å²) in [6.45, 7) is 2.42. The molecule has 0 spiro atoms. The summed E-state index contributed by atoms with van der Waals surface area (Å²) >= 11 is 12.7. The zero-order valence-electron chi connectivity index (χ0n) is 19.5. The molecule has 5 nitrogen and oxygen atoms in total. The Morgan fingerprint density at radius 2 is 1.72 bits per heavy atom. The van der Waals surface area contributed by atoms with Crippen molar-refractivity contribution in [2.45, 2.75) is 19.8 Å². The number of halogens is 2. The molecule has 36 heavy (non-hydrogen) atoms. The van der Waals surface area contributed by atoms with E-state index in [-0.39, 0.29) is 5.88 Å². The molecule has 0 amide bonds. The van der Waals surface area contributed by atoms with Gasteiger partial charge in [-0.25, -0.2) is 4.79 Å². The number of nitrogens with one attached hydrogen (secondary N) is 1. The predicted octanol–water partition coefficient (Wildman–Crippen LogP) is 8.67. The number of rotatable bonds is 7. The summed E-state index contributed by atoms with van der Waals surface area (Å²) in [5.41, 5.74) is 4.27. The number of benzene rings is 4. The summed E-state index contributed by atoms with van der Waals surface area (Å²) in [4.78, 5) is 14.6. The molecule has 0 saturated carbocycles. The lowest BCUT2D eigenvalue weighted by Crippen LogP contribution is -2.06. The maximum absolute atomic E-state index is 11.4. The monoisotopic (exact) mass is 519 g/mol. The zero-order valence-corrected chi connectivity index (χ0v) is 21.0. The first kappa shape index (κ1) is 24.0. The van der Waals surface area contributed by atoms with Crippen LogP contribution in [0.1, 0.15) is 17.5 Å². The van der Waals surface area contributed by atoms with Crippen molar-refractivity contribution in [1.82, 2.24) is 4.98 Å².